The molecular weight excluding hydrogens is 252 g/mol. The van der Waals surface area contributed by atoms with Gasteiger partial charge in [0.25, 0.3) is 0 Å². The fourth-order valence-electron chi connectivity index (χ4n) is 1.99. The number of hydrogen-bond donors (Lipinski definition) is 2. The topological polar surface area (TPSA) is 58.2 Å². The molecule has 0 unspecified atom stereocenters. The Kier molecular flexibility index (Phi) is 5.16. The minimum atomic E-state index is 0.0493. The molecule has 1 aromatic carbocycles. The summed E-state index contributed by atoms with van der Waals surface area (Å²) in [6, 6.07) is 7.28. The first-order chi connectivity index (χ1) is 9.69. The standard InChI is InChI=1S/C16H22N2O2/c1-2-3-4-5-15(19)17-13-8-10-14(11-9-13)18-16(20)12-6-7-12/h8-12H,2-7H2,1H3,(H,17,19)(H,18,20). The third-order valence-corrected chi connectivity index (χ3v) is 3.39. The smallest absolute Gasteiger partial charge is 0.227 e. The molecule has 0 aromatic heterocycles. The van der Waals surface area contributed by atoms with Crippen LogP contribution in [0.5, 0.6) is 0 Å². The van der Waals surface area contributed by atoms with Gasteiger partial charge < -0.3 is 10.6 Å². The van der Waals surface area contributed by atoms with Crippen LogP contribution in [0, 0.1) is 5.92 Å². The lowest BCUT2D eigenvalue weighted by Crippen LogP contribution is -2.13. The van der Waals surface area contributed by atoms with Crippen molar-refractivity contribution >= 4 is 23.2 Å². The van der Waals surface area contributed by atoms with E-state index < -0.39 is 0 Å². The summed E-state index contributed by atoms with van der Waals surface area (Å²) in [7, 11) is 0. The minimum absolute atomic E-state index is 0.0493. The molecule has 2 rings (SSSR count). The molecule has 20 heavy (non-hydrogen) atoms. The van der Waals surface area contributed by atoms with Crippen LogP contribution in [-0.4, -0.2) is 11.8 Å². The second-order valence-electron chi connectivity index (χ2n) is 5.35. The van der Waals surface area contributed by atoms with Crippen molar-refractivity contribution in [1.82, 2.24) is 0 Å². The van der Waals surface area contributed by atoms with Crippen molar-refractivity contribution in [3.63, 3.8) is 0 Å². The van der Waals surface area contributed by atoms with Crippen LogP contribution in [0.15, 0.2) is 24.3 Å². The lowest BCUT2D eigenvalue weighted by Gasteiger charge is -2.07. The SMILES string of the molecule is CCCCCC(=O)Nc1ccc(NC(=O)C2CC2)cc1. The molecule has 1 saturated carbocycles. The Hall–Kier alpha value is -1.84. The molecule has 0 radical (unpaired) electrons. The van der Waals surface area contributed by atoms with Crippen LogP contribution in [-0.2, 0) is 9.59 Å². The van der Waals surface area contributed by atoms with Crippen molar-refractivity contribution in [1.29, 1.82) is 0 Å². The minimum Gasteiger partial charge on any atom is -0.326 e. The maximum Gasteiger partial charge on any atom is 0.227 e. The number of amides is 2. The Labute approximate surface area is 119 Å². The normalized spacial score (nSPS) is 13.8. The average molecular weight is 274 g/mol. The highest BCUT2D eigenvalue weighted by molar-refractivity contribution is 5.95. The van der Waals surface area contributed by atoms with Gasteiger partial charge in [-0.1, -0.05) is 19.8 Å². The Balaban J connectivity index is 1.78. The summed E-state index contributed by atoms with van der Waals surface area (Å²) in [4.78, 5) is 23.3. The van der Waals surface area contributed by atoms with Gasteiger partial charge in [-0.3, -0.25) is 9.59 Å². The first-order valence-corrected chi connectivity index (χ1v) is 7.40. The Bertz CT molecular complexity index is 464. The van der Waals surface area contributed by atoms with Crippen molar-refractivity contribution in [2.45, 2.75) is 45.4 Å². The predicted octanol–water partition coefficient (Wildman–Crippen LogP) is 3.55. The lowest BCUT2D eigenvalue weighted by atomic mass is 10.2. The summed E-state index contributed by atoms with van der Waals surface area (Å²) in [5, 5.41) is 5.74. The van der Waals surface area contributed by atoms with Crippen LogP contribution in [0.3, 0.4) is 0 Å². The zero-order valence-corrected chi connectivity index (χ0v) is 11.9. The predicted molar refractivity (Wildman–Crippen MR) is 80.6 cm³/mol. The number of nitrogens with one attached hydrogen (secondary N) is 2. The monoisotopic (exact) mass is 274 g/mol. The van der Waals surface area contributed by atoms with Gasteiger partial charge in [-0.05, 0) is 43.5 Å². The highest BCUT2D eigenvalue weighted by atomic mass is 16.2. The quantitative estimate of drug-likeness (QED) is 0.747. The van der Waals surface area contributed by atoms with Crippen molar-refractivity contribution in [3.05, 3.63) is 24.3 Å². The van der Waals surface area contributed by atoms with E-state index in [2.05, 4.69) is 17.6 Å². The molecule has 1 aliphatic carbocycles. The number of unbranched alkanes of at least 4 members (excludes halogenated alkanes) is 2. The molecule has 4 heteroatoms. The van der Waals surface area contributed by atoms with Gasteiger partial charge in [-0.15, -0.1) is 0 Å². The summed E-state index contributed by atoms with van der Waals surface area (Å²) in [6.07, 6.45) is 5.68. The Morgan fingerprint density at radius 2 is 1.65 bits per heavy atom. The van der Waals surface area contributed by atoms with E-state index in [1.165, 1.54) is 0 Å². The Morgan fingerprint density at radius 1 is 1.05 bits per heavy atom. The first-order valence-electron chi connectivity index (χ1n) is 7.40. The third kappa shape index (κ3) is 4.68. The molecule has 0 bridgehead atoms. The zero-order chi connectivity index (χ0) is 14.4. The van der Waals surface area contributed by atoms with E-state index in [1.807, 2.05) is 24.3 Å². The lowest BCUT2D eigenvalue weighted by molar-refractivity contribution is -0.117. The molecular formula is C16H22N2O2. The summed E-state index contributed by atoms with van der Waals surface area (Å²) in [6.45, 7) is 2.12. The van der Waals surface area contributed by atoms with Crippen LogP contribution in [0.1, 0.15) is 45.4 Å². The third-order valence-electron chi connectivity index (χ3n) is 3.39. The molecule has 0 saturated heterocycles. The molecule has 0 aliphatic heterocycles. The number of hydrogen-bond acceptors (Lipinski definition) is 2. The summed E-state index contributed by atoms with van der Waals surface area (Å²) < 4.78 is 0. The van der Waals surface area contributed by atoms with E-state index in [9.17, 15) is 9.59 Å². The fraction of sp³-hybridized carbons (Fsp3) is 0.500. The van der Waals surface area contributed by atoms with Gasteiger partial charge in [-0.2, -0.15) is 0 Å². The van der Waals surface area contributed by atoms with Crippen molar-refractivity contribution in [2.24, 2.45) is 5.92 Å². The van der Waals surface area contributed by atoms with Gasteiger partial charge in [0.1, 0.15) is 0 Å². The molecule has 1 fully saturated rings. The van der Waals surface area contributed by atoms with Crippen LogP contribution in [0.25, 0.3) is 0 Å². The molecule has 108 valence electrons. The van der Waals surface area contributed by atoms with Crippen LogP contribution in [0.4, 0.5) is 11.4 Å². The van der Waals surface area contributed by atoms with Crippen LogP contribution < -0.4 is 10.6 Å². The fourth-order valence-corrected chi connectivity index (χ4v) is 1.99. The molecule has 2 N–H and O–H groups in total. The van der Waals surface area contributed by atoms with Crippen molar-refractivity contribution < 1.29 is 9.59 Å². The zero-order valence-electron chi connectivity index (χ0n) is 11.9. The number of anilines is 2. The van der Waals surface area contributed by atoms with E-state index in [-0.39, 0.29) is 17.7 Å². The van der Waals surface area contributed by atoms with Gasteiger partial charge in [0.05, 0.1) is 0 Å². The second-order valence-corrected chi connectivity index (χ2v) is 5.35. The van der Waals surface area contributed by atoms with E-state index >= 15 is 0 Å². The highest BCUT2D eigenvalue weighted by Gasteiger charge is 2.29. The van der Waals surface area contributed by atoms with Crippen molar-refractivity contribution in [2.75, 3.05) is 10.6 Å². The summed E-state index contributed by atoms with van der Waals surface area (Å²) in [5.41, 5.74) is 1.56. The Morgan fingerprint density at radius 3 is 2.20 bits per heavy atom. The van der Waals surface area contributed by atoms with E-state index in [0.717, 1.165) is 43.5 Å². The van der Waals surface area contributed by atoms with Gasteiger partial charge in [-0.25, -0.2) is 0 Å². The van der Waals surface area contributed by atoms with Gasteiger partial charge >= 0.3 is 0 Å². The van der Waals surface area contributed by atoms with Gasteiger partial charge in [0.15, 0.2) is 0 Å². The highest BCUT2D eigenvalue weighted by Crippen LogP contribution is 2.30. The molecule has 0 heterocycles. The summed E-state index contributed by atoms with van der Waals surface area (Å²) in [5.74, 6) is 0.350. The van der Waals surface area contributed by atoms with E-state index in [4.69, 9.17) is 0 Å². The number of rotatable bonds is 7. The maximum atomic E-state index is 11.7. The molecule has 4 nitrogen and oxygen atoms in total. The van der Waals surface area contributed by atoms with E-state index in [1.54, 1.807) is 0 Å². The summed E-state index contributed by atoms with van der Waals surface area (Å²) >= 11 is 0. The van der Waals surface area contributed by atoms with Crippen molar-refractivity contribution in [3.8, 4) is 0 Å². The van der Waals surface area contributed by atoms with Gasteiger partial charge in [0, 0.05) is 23.7 Å². The number of carbonyl (C=O) groups excluding carboxylic acids is 2. The molecule has 0 spiro atoms. The van der Waals surface area contributed by atoms with Crippen LogP contribution in [0.2, 0.25) is 0 Å². The largest absolute Gasteiger partial charge is 0.326 e. The number of carbonyl (C=O) groups is 2. The molecule has 1 aliphatic rings. The second kappa shape index (κ2) is 7.08. The maximum absolute atomic E-state index is 11.7. The molecule has 1 aromatic rings. The molecule has 0 atom stereocenters. The first kappa shape index (κ1) is 14.6. The van der Waals surface area contributed by atoms with Crippen LogP contribution >= 0.6 is 0 Å². The number of benzene rings is 1. The molecule has 2 amide bonds. The van der Waals surface area contributed by atoms with E-state index in [0.29, 0.717) is 6.42 Å². The average Bonchev–Trinajstić information content (AvgIpc) is 3.26. The van der Waals surface area contributed by atoms with Gasteiger partial charge in [0.2, 0.25) is 11.8 Å².